The monoisotopic (exact) mass is 266 g/mol. The number of hydrogen-bond donors (Lipinski definition) is 1. The lowest BCUT2D eigenvalue weighted by atomic mass is 9.70. The van der Waals surface area contributed by atoms with E-state index in [0.29, 0.717) is 17.9 Å². The van der Waals surface area contributed by atoms with Crippen molar-refractivity contribution in [2.24, 2.45) is 5.41 Å². The molecule has 0 aromatic heterocycles. The molecule has 3 atom stereocenters. The Kier molecular flexibility index (Phi) is 2.83. The second-order valence-corrected chi connectivity index (χ2v) is 5.73. The van der Waals surface area contributed by atoms with Gasteiger partial charge in [0, 0.05) is 5.02 Å². The van der Waals surface area contributed by atoms with Crippen molar-refractivity contribution in [2.45, 2.75) is 37.9 Å². The van der Waals surface area contributed by atoms with Crippen LogP contribution in [-0.2, 0) is 16.0 Å². The minimum absolute atomic E-state index is 0.130. The predicted octanol–water partition coefficient (Wildman–Crippen LogP) is 2.90. The van der Waals surface area contributed by atoms with Crippen LogP contribution in [0.3, 0.4) is 0 Å². The van der Waals surface area contributed by atoms with E-state index in [0.717, 1.165) is 18.4 Å². The maximum Gasteiger partial charge on any atom is 0.312 e. The van der Waals surface area contributed by atoms with Crippen molar-refractivity contribution < 1.29 is 14.6 Å². The zero-order valence-electron chi connectivity index (χ0n) is 9.93. The first-order valence-corrected chi connectivity index (χ1v) is 6.61. The van der Waals surface area contributed by atoms with Crippen LogP contribution in [0.1, 0.15) is 24.8 Å². The fourth-order valence-electron chi connectivity index (χ4n) is 3.30. The number of fused-ring (bicyclic) bond motifs is 2. The van der Waals surface area contributed by atoms with Crippen LogP contribution in [0.4, 0.5) is 0 Å². The van der Waals surface area contributed by atoms with E-state index in [4.69, 9.17) is 16.3 Å². The molecule has 2 bridgehead atoms. The Hall–Kier alpha value is -1.06. The van der Waals surface area contributed by atoms with Gasteiger partial charge < -0.3 is 9.84 Å². The summed E-state index contributed by atoms with van der Waals surface area (Å²) in [6.45, 7) is 0. The lowest BCUT2D eigenvalue weighted by Crippen LogP contribution is -2.42. The van der Waals surface area contributed by atoms with E-state index in [9.17, 15) is 9.90 Å². The van der Waals surface area contributed by atoms with Gasteiger partial charge in [-0.15, -0.1) is 0 Å². The van der Waals surface area contributed by atoms with Crippen LogP contribution in [0, 0.1) is 5.41 Å². The van der Waals surface area contributed by atoms with Crippen LogP contribution < -0.4 is 0 Å². The molecule has 2 saturated heterocycles. The van der Waals surface area contributed by atoms with Gasteiger partial charge in [-0.3, -0.25) is 4.79 Å². The molecule has 0 spiro atoms. The molecule has 2 heterocycles. The summed E-state index contributed by atoms with van der Waals surface area (Å²) < 4.78 is 5.74. The number of carbonyl (C=O) groups is 1. The summed E-state index contributed by atoms with van der Waals surface area (Å²) in [5, 5.41) is 10.3. The van der Waals surface area contributed by atoms with Gasteiger partial charge in [-0.1, -0.05) is 23.7 Å². The van der Waals surface area contributed by atoms with Gasteiger partial charge in [0.15, 0.2) is 0 Å². The highest BCUT2D eigenvalue weighted by Crippen LogP contribution is 2.49. The minimum atomic E-state index is -0.756. The van der Waals surface area contributed by atoms with Crippen LogP contribution in [0.2, 0.25) is 5.02 Å². The molecule has 2 aliphatic rings. The van der Waals surface area contributed by atoms with E-state index in [1.54, 1.807) is 6.07 Å². The van der Waals surface area contributed by atoms with E-state index >= 15 is 0 Å². The molecule has 96 valence electrons. The first-order valence-electron chi connectivity index (χ1n) is 6.23. The largest absolute Gasteiger partial charge is 0.481 e. The molecule has 1 N–H and O–H groups in total. The molecule has 1 aromatic carbocycles. The van der Waals surface area contributed by atoms with Crippen molar-refractivity contribution in [1.29, 1.82) is 0 Å². The number of benzene rings is 1. The standard InChI is InChI=1S/C14H15ClO3/c15-10-3-1-2-9(6-10)7-14(13(16)17)8-11-4-5-12(14)18-11/h1-3,6,11-12H,4-5,7-8H2,(H,16,17). The summed E-state index contributed by atoms with van der Waals surface area (Å²) in [6, 6.07) is 7.44. The fraction of sp³-hybridized carbons (Fsp3) is 0.500. The van der Waals surface area contributed by atoms with Crippen molar-refractivity contribution in [3.8, 4) is 0 Å². The van der Waals surface area contributed by atoms with E-state index in [1.807, 2.05) is 18.2 Å². The van der Waals surface area contributed by atoms with Crippen LogP contribution in [-0.4, -0.2) is 23.3 Å². The van der Waals surface area contributed by atoms with Crippen LogP contribution in [0.5, 0.6) is 0 Å². The van der Waals surface area contributed by atoms with Crippen molar-refractivity contribution in [1.82, 2.24) is 0 Å². The first kappa shape index (κ1) is 12.0. The molecule has 2 fully saturated rings. The third-order valence-corrected chi connectivity index (χ3v) is 4.39. The fourth-order valence-corrected chi connectivity index (χ4v) is 3.51. The van der Waals surface area contributed by atoms with Crippen LogP contribution >= 0.6 is 11.6 Å². The zero-order valence-corrected chi connectivity index (χ0v) is 10.7. The summed E-state index contributed by atoms with van der Waals surface area (Å²) in [5.41, 5.74) is 0.217. The second-order valence-electron chi connectivity index (χ2n) is 5.30. The van der Waals surface area contributed by atoms with Crippen molar-refractivity contribution in [3.63, 3.8) is 0 Å². The Bertz CT molecular complexity index is 488. The number of carboxylic acid groups (broad SMARTS) is 1. The molecule has 2 aliphatic heterocycles. The van der Waals surface area contributed by atoms with Gasteiger partial charge in [-0.05, 0) is 43.4 Å². The predicted molar refractivity (Wildman–Crippen MR) is 67.7 cm³/mol. The maximum absolute atomic E-state index is 11.7. The van der Waals surface area contributed by atoms with E-state index in [2.05, 4.69) is 0 Å². The Morgan fingerprint density at radius 2 is 2.33 bits per heavy atom. The van der Waals surface area contributed by atoms with E-state index in [-0.39, 0.29) is 12.2 Å². The van der Waals surface area contributed by atoms with Gasteiger partial charge in [-0.2, -0.15) is 0 Å². The Balaban J connectivity index is 1.90. The lowest BCUT2D eigenvalue weighted by molar-refractivity contribution is -0.152. The Morgan fingerprint density at radius 1 is 1.50 bits per heavy atom. The molecule has 0 saturated carbocycles. The molecule has 0 aliphatic carbocycles. The quantitative estimate of drug-likeness (QED) is 0.915. The zero-order chi connectivity index (χ0) is 12.8. The number of ether oxygens (including phenoxy) is 1. The Labute approximate surface area is 111 Å². The SMILES string of the molecule is O=C(O)C1(Cc2cccc(Cl)c2)CC2CCC1O2. The molecule has 1 aromatic rings. The molecule has 0 amide bonds. The van der Waals surface area contributed by atoms with Gasteiger partial charge in [0.1, 0.15) is 5.41 Å². The molecule has 18 heavy (non-hydrogen) atoms. The molecule has 3 nitrogen and oxygen atoms in total. The molecule has 3 rings (SSSR count). The van der Waals surface area contributed by atoms with Gasteiger partial charge in [0.25, 0.3) is 0 Å². The second kappa shape index (κ2) is 4.25. The van der Waals surface area contributed by atoms with E-state index in [1.165, 1.54) is 0 Å². The maximum atomic E-state index is 11.7. The lowest BCUT2D eigenvalue weighted by Gasteiger charge is -2.31. The molecular weight excluding hydrogens is 252 g/mol. The molecule has 3 unspecified atom stereocenters. The van der Waals surface area contributed by atoms with Crippen LogP contribution in [0.25, 0.3) is 0 Å². The van der Waals surface area contributed by atoms with Gasteiger partial charge >= 0.3 is 5.97 Å². The summed E-state index contributed by atoms with van der Waals surface area (Å²) in [4.78, 5) is 11.7. The van der Waals surface area contributed by atoms with E-state index < -0.39 is 11.4 Å². The van der Waals surface area contributed by atoms with Crippen molar-refractivity contribution >= 4 is 17.6 Å². The number of aliphatic carboxylic acids is 1. The summed E-state index contributed by atoms with van der Waals surface area (Å²) in [6.07, 6.45) is 2.97. The highest BCUT2D eigenvalue weighted by Gasteiger charge is 2.57. The third kappa shape index (κ3) is 1.82. The molecule has 0 radical (unpaired) electrons. The Morgan fingerprint density at radius 3 is 2.89 bits per heavy atom. The number of hydrogen-bond acceptors (Lipinski definition) is 2. The van der Waals surface area contributed by atoms with Gasteiger partial charge in [0.05, 0.1) is 12.2 Å². The third-order valence-electron chi connectivity index (χ3n) is 4.15. The first-order chi connectivity index (χ1) is 8.60. The smallest absolute Gasteiger partial charge is 0.312 e. The topological polar surface area (TPSA) is 46.5 Å². The minimum Gasteiger partial charge on any atom is -0.481 e. The van der Waals surface area contributed by atoms with Crippen LogP contribution in [0.15, 0.2) is 24.3 Å². The van der Waals surface area contributed by atoms with Crippen molar-refractivity contribution in [2.75, 3.05) is 0 Å². The summed E-state index contributed by atoms with van der Waals surface area (Å²) >= 11 is 5.96. The normalized spacial score (nSPS) is 33.8. The van der Waals surface area contributed by atoms with Crippen molar-refractivity contribution in [3.05, 3.63) is 34.9 Å². The molecule has 4 heteroatoms. The number of carboxylic acids is 1. The highest BCUT2D eigenvalue weighted by molar-refractivity contribution is 6.30. The number of halogens is 1. The average Bonchev–Trinajstić information content (AvgIpc) is 2.89. The van der Waals surface area contributed by atoms with Gasteiger partial charge in [-0.25, -0.2) is 0 Å². The molecular formula is C14H15ClO3. The van der Waals surface area contributed by atoms with Gasteiger partial charge in [0.2, 0.25) is 0 Å². The highest BCUT2D eigenvalue weighted by atomic mass is 35.5. The average molecular weight is 267 g/mol. The summed E-state index contributed by atoms with van der Waals surface area (Å²) in [5.74, 6) is -0.741. The summed E-state index contributed by atoms with van der Waals surface area (Å²) in [7, 11) is 0. The number of rotatable bonds is 3.